The van der Waals surface area contributed by atoms with E-state index in [1.165, 1.54) is 0 Å². The predicted molar refractivity (Wildman–Crippen MR) is 113 cm³/mol. The minimum absolute atomic E-state index is 0.113. The maximum absolute atomic E-state index is 12.0. The highest BCUT2D eigenvalue weighted by Gasteiger charge is 2.33. The maximum Gasteiger partial charge on any atom is 0.174 e. The van der Waals surface area contributed by atoms with Crippen LogP contribution >= 0.6 is 12.2 Å². The summed E-state index contributed by atoms with van der Waals surface area (Å²) in [5.41, 5.74) is 1.94. The van der Waals surface area contributed by atoms with E-state index in [0.717, 1.165) is 17.0 Å². The quantitative estimate of drug-likeness (QED) is 0.744. The molecule has 0 aliphatic carbocycles. The van der Waals surface area contributed by atoms with Crippen LogP contribution in [-0.4, -0.2) is 42.6 Å². The normalized spacial score (nSPS) is 18.0. The van der Waals surface area contributed by atoms with E-state index < -0.39 is 9.84 Å². The molecule has 144 valence electrons. The third kappa shape index (κ3) is 5.43. The van der Waals surface area contributed by atoms with E-state index in [1.807, 2.05) is 66.4 Å². The van der Waals surface area contributed by atoms with Gasteiger partial charge in [0.15, 0.2) is 14.9 Å². The molecule has 1 fully saturated rings. The first-order chi connectivity index (χ1) is 13.0. The fourth-order valence-corrected chi connectivity index (χ4v) is 5.23. The van der Waals surface area contributed by atoms with Crippen LogP contribution in [-0.2, 0) is 16.4 Å². The fourth-order valence-electron chi connectivity index (χ4n) is 3.16. The lowest BCUT2D eigenvalue weighted by Crippen LogP contribution is -2.42. The number of hydrogen-bond donors (Lipinski definition) is 1. The molecular formula is C20H24N2O3S2. The minimum Gasteiger partial charge on any atom is -0.494 e. The molecule has 0 bridgehead atoms. The van der Waals surface area contributed by atoms with Crippen molar-refractivity contribution in [2.24, 2.45) is 0 Å². The summed E-state index contributed by atoms with van der Waals surface area (Å²) >= 11 is 5.64. The highest BCUT2D eigenvalue weighted by atomic mass is 32.2. The molecule has 3 rings (SSSR count). The average molecular weight is 405 g/mol. The highest BCUT2D eigenvalue weighted by molar-refractivity contribution is 7.91. The SMILES string of the molecule is CCOc1ccc(NC(=S)N(Cc2ccccc2)[C@@H]2CCS(=O)(=O)C2)cc1. The molecule has 0 spiro atoms. The van der Waals surface area contributed by atoms with Gasteiger partial charge in [-0.15, -0.1) is 0 Å². The number of thiocarbonyl (C=S) groups is 1. The van der Waals surface area contributed by atoms with Crippen LogP contribution in [0.15, 0.2) is 54.6 Å². The highest BCUT2D eigenvalue weighted by Crippen LogP contribution is 2.22. The number of rotatable bonds is 6. The Morgan fingerprint density at radius 2 is 1.89 bits per heavy atom. The number of benzene rings is 2. The summed E-state index contributed by atoms with van der Waals surface area (Å²) in [4.78, 5) is 1.99. The Bertz CT molecular complexity index is 868. The molecular weight excluding hydrogens is 380 g/mol. The van der Waals surface area contributed by atoms with Crippen LogP contribution in [0.2, 0.25) is 0 Å². The molecule has 1 saturated heterocycles. The molecule has 2 aromatic carbocycles. The summed E-state index contributed by atoms with van der Waals surface area (Å²) in [6.45, 7) is 3.13. The van der Waals surface area contributed by atoms with Crippen molar-refractivity contribution in [3.05, 3.63) is 60.2 Å². The average Bonchev–Trinajstić information content (AvgIpc) is 3.02. The van der Waals surface area contributed by atoms with Gasteiger partial charge in [-0.1, -0.05) is 30.3 Å². The summed E-state index contributed by atoms with van der Waals surface area (Å²) in [5, 5.41) is 3.78. The van der Waals surface area contributed by atoms with Crippen molar-refractivity contribution in [2.75, 3.05) is 23.4 Å². The van der Waals surface area contributed by atoms with E-state index in [0.29, 0.717) is 24.7 Å². The van der Waals surface area contributed by atoms with Crippen molar-refractivity contribution in [1.82, 2.24) is 4.90 Å². The number of anilines is 1. The zero-order valence-electron chi connectivity index (χ0n) is 15.3. The van der Waals surface area contributed by atoms with Gasteiger partial charge >= 0.3 is 0 Å². The van der Waals surface area contributed by atoms with E-state index in [4.69, 9.17) is 17.0 Å². The molecule has 0 saturated carbocycles. The zero-order valence-corrected chi connectivity index (χ0v) is 16.9. The molecule has 5 nitrogen and oxygen atoms in total. The van der Waals surface area contributed by atoms with Crippen LogP contribution in [0.1, 0.15) is 18.9 Å². The van der Waals surface area contributed by atoms with Gasteiger partial charge in [0.25, 0.3) is 0 Å². The Balaban J connectivity index is 1.75. The zero-order chi connectivity index (χ0) is 19.3. The smallest absolute Gasteiger partial charge is 0.174 e. The lowest BCUT2D eigenvalue weighted by atomic mass is 10.1. The van der Waals surface area contributed by atoms with Gasteiger partial charge in [-0.25, -0.2) is 8.42 Å². The van der Waals surface area contributed by atoms with Crippen LogP contribution in [0.3, 0.4) is 0 Å². The van der Waals surface area contributed by atoms with Crippen molar-refractivity contribution >= 4 is 32.9 Å². The van der Waals surface area contributed by atoms with Gasteiger partial charge in [-0.05, 0) is 55.4 Å². The first-order valence-corrected chi connectivity index (χ1v) is 11.2. The summed E-state index contributed by atoms with van der Waals surface area (Å²) < 4.78 is 29.4. The molecule has 7 heteroatoms. The number of nitrogens with one attached hydrogen (secondary N) is 1. The third-order valence-electron chi connectivity index (χ3n) is 4.52. The second-order valence-corrected chi connectivity index (χ2v) is 9.17. The van der Waals surface area contributed by atoms with Crippen molar-refractivity contribution in [3.8, 4) is 5.75 Å². The number of sulfone groups is 1. The van der Waals surface area contributed by atoms with Crippen LogP contribution < -0.4 is 10.1 Å². The van der Waals surface area contributed by atoms with E-state index >= 15 is 0 Å². The standard InChI is InChI=1S/C20H24N2O3S2/c1-2-25-19-10-8-17(9-11-19)21-20(26)22(14-16-6-4-3-5-7-16)18-12-13-27(23,24)15-18/h3-11,18H,2,12-15H2,1H3,(H,21,26)/t18-/m1/s1. The predicted octanol–water partition coefficient (Wildman–Crippen LogP) is 3.47. The number of nitrogens with zero attached hydrogens (tertiary/aromatic N) is 1. The van der Waals surface area contributed by atoms with Crippen LogP contribution in [0.25, 0.3) is 0 Å². The molecule has 0 aromatic heterocycles. The molecule has 1 atom stereocenters. The lowest BCUT2D eigenvalue weighted by molar-refractivity contribution is 0.332. The maximum atomic E-state index is 12.0. The summed E-state index contributed by atoms with van der Waals surface area (Å²) in [7, 11) is -3.00. The van der Waals surface area contributed by atoms with Gasteiger partial charge in [-0.3, -0.25) is 0 Å². The summed E-state index contributed by atoms with van der Waals surface area (Å²) in [5.74, 6) is 1.16. The molecule has 1 aliphatic heterocycles. The number of hydrogen-bond acceptors (Lipinski definition) is 4. The second kappa shape index (κ2) is 8.71. The van der Waals surface area contributed by atoms with Crippen LogP contribution in [0.5, 0.6) is 5.75 Å². The Labute approximate surface area is 166 Å². The van der Waals surface area contributed by atoms with Gasteiger partial charge in [0.2, 0.25) is 0 Å². The van der Waals surface area contributed by atoms with E-state index in [-0.39, 0.29) is 17.5 Å². The molecule has 0 amide bonds. The van der Waals surface area contributed by atoms with Gasteiger partial charge in [0.1, 0.15) is 5.75 Å². The second-order valence-electron chi connectivity index (χ2n) is 6.56. The van der Waals surface area contributed by atoms with Gasteiger partial charge in [0, 0.05) is 18.3 Å². The van der Waals surface area contributed by atoms with E-state index in [9.17, 15) is 8.42 Å². The molecule has 2 aromatic rings. The topological polar surface area (TPSA) is 58.6 Å². The Morgan fingerprint density at radius 3 is 2.48 bits per heavy atom. The van der Waals surface area contributed by atoms with Crippen molar-refractivity contribution in [2.45, 2.75) is 25.9 Å². The molecule has 1 N–H and O–H groups in total. The van der Waals surface area contributed by atoms with E-state index in [2.05, 4.69) is 5.32 Å². The number of ether oxygens (including phenoxy) is 1. The Kier molecular flexibility index (Phi) is 6.34. The third-order valence-corrected chi connectivity index (χ3v) is 6.61. The first kappa shape index (κ1) is 19.6. The first-order valence-electron chi connectivity index (χ1n) is 9.01. The molecule has 0 radical (unpaired) electrons. The van der Waals surface area contributed by atoms with Crippen molar-refractivity contribution in [1.29, 1.82) is 0 Å². The minimum atomic E-state index is -3.00. The largest absolute Gasteiger partial charge is 0.494 e. The molecule has 1 heterocycles. The van der Waals surface area contributed by atoms with Crippen molar-refractivity contribution in [3.63, 3.8) is 0 Å². The fraction of sp³-hybridized carbons (Fsp3) is 0.350. The Hall–Kier alpha value is -2.12. The van der Waals surface area contributed by atoms with Crippen molar-refractivity contribution < 1.29 is 13.2 Å². The molecule has 1 aliphatic rings. The summed E-state index contributed by atoms with van der Waals surface area (Å²) in [6.07, 6.45) is 0.597. The Morgan fingerprint density at radius 1 is 1.19 bits per heavy atom. The van der Waals surface area contributed by atoms with E-state index in [1.54, 1.807) is 0 Å². The van der Waals surface area contributed by atoms with Gasteiger partial charge in [0.05, 0.1) is 18.1 Å². The monoisotopic (exact) mass is 404 g/mol. The molecule has 27 heavy (non-hydrogen) atoms. The van der Waals surface area contributed by atoms with Gasteiger partial charge in [-0.2, -0.15) is 0 Å². The molecule has 0 unspecified atom stereocenters. The van der Waals surface area contributed by atoms with Crippen LogP contribution in [0.4, 0.5) is 5.69 Å². The van der Waals surface area contributed by atoms with Crippen LogP contribution in [0, 0.1) is 0 Å². The summed E-state index contributed by atoms with van der Waals surface area (Å²) in [6, 6.07) is 17.4. The lowest BCUT2D eigenvalue weighted by Gasteiger charge is -2.31. The van der Waals surface area contributed by atoms with Gasteiger partial charge < -0.3 is 15.0 Å².